The molecule has 0 saturated carbocycles. The number of halogens is 2. The van der Waals surface area contributed by atoms with E-state index in [-0.39, 0.29) is 16.4 Å². The zero-order chi connectivity index (χ0) is 21.5. The number of sulfonamides is 1. The van der Waals surface area contributed by atoms with Gasteiger partial charge >= 0.3 is 0 Å². The molecule has 9 heteroatoms. The molecule has 0 atom stereocenters. The van der Waals surface area contributed by atoms with Crippen LogP contribution in [0.2, 0.25) is 10.0 Å². The highest BCUT2D eigenvalue weighted by atomic mass is 35.5. The van der Waals surface area contributed by atoms with Crippen LogP contribution in [-0.4, -0.2) is 30.4 Å². The van der Waals surface area contributed by atoms with E-state index in [9.17, 15) is 13.2 Å². The predicted molar refractivity (Wildman–Crippen MR) is 120 cm³/mol. The molecular formula is C21H15Cl2N3O3S. The lowest BCUT2D eigenvalue weighted by Crippen LogP contribution is -2.09. The van der Waals surface area contributed by atoms with Crippen molar-refractivity contribution in [3.8, 4) is 11.1 Å². The van der Waals surface area contributed by atoms with Gasteiger partial charge in [0.1, 0.15) is 5.65 Å². The van der Waals surface area contributed by atoms with Gasteiger partial charge in [0, 0.05) is 29.0 Å². The zero-order valence-electron chi connectivity index (χ0n) is 15.6. The Kier molecular flexibility index (Phi) is 5.27. The van der Waals surface area contributed by atoms with Crippen molar-refractivity contribution < 1.29 is 13.2 Å². The van der Waals surface area contributed by atoms with Gasteiger partial charge in [0.05, 0.1) is 21.9 Å². The molecule has 0 unspecified atom stereocenters. The van der Waals surface area contributed by atoms with Crippen LogP contribution in [0.25, 0.3) is 22.2 Å². The van der Waals surface area contributed by atoms with E-state index in [0.717, 1.165) is 17.4 Å². The number of hydrogen-bond donors (Lipinski definition) is 2. The lowest BCUT2D eigenvalue weighted by atomic mass is 9.97. The number of carbonyl (C=O) groups is 1. The molecule has 0 amide bonds. The van der Waals surface area contributed by atoms with Crippen molar-refractivity contribution in [3.05, 3.63) is 82.1 Å². The summed E-state index contributed by atoms with van der Waals surface area (Å²) in [4.78, 5) is 20.6. The third kappa shape index (κ3) is 3.92. The largest absolute Gasteiger partial charge is 0.345 e. The standard InChI is InChI=1S/C21H15Cl2N3O3S/c1-30(28,29)26-13-5-2-4-12(10-13)14-8-9-24-21-18(14)16(11-25-21)20(27)15-6-3-7-17(22)19(15)23/h2-11,26H,1H3,(H,24,25). The van der Waals surface area contributed by atoms with Crippen LogP contribution in [-0.2, 0) is 10.0 Å². The van der Waals surface area contributed by atoms with Crippen molar-refractivity contribution in [2.75, 3.05) is 11.0 Å². The van der Waals surface area contributed by atoms with E-state index in [1.807, 2.05) is 6.07 Å². The summed E-state index contributed by atoms with van der Waals surface area (Å²) in [6.45, 7) is 0. The van der Waals surface area contributed by atoms with Gasteiger partial charge in [-0.2, -0.15) is 0 Å². The molecule has 2 heterocycles. The summed E-state index contributed by atoms with van der Waals surface area (Å²) >= 11 is 12.3. The summed E-state index contributed by atoms with van der Waals surface area (Å²) in [6, 6.07) is 13.6. The van der Waals surface area contributed by atoms with E-state index in [1.54, 1.807) is 54.9 Å². The van der Waals surface area contributed by atoms with Gasteiger partial charge in [0.2, 0.25) is 10.0 Å². The fraction of sp³-hybridized carbons (Fsp3) is 0.0476. The molecule has 6 nitrogen and oxygen atoms in total. The fourth-order valence-electron chi connectivity index (χ4n) is 3.26. The van der Waals surface area contributed by atoms with Crippen molar-refractivity contribution in [1.29, 1.82) is 0 Å². The molecule has 30 heavy (non-hydrogen) atoms. The number of benzene rings is 2. The second-order valence-corrected chi connectivity index (χ2v) is 9.20. The average Bonchev–Trinajstić information content (AvgIpc) is 3.13. The molecule has 0 aliphatic carbocycles. The molecule has 0 saturated heterocycles. The smallest absolute Gasteiger partial charge is 0.229 e. The van der Waals surface area contributed by atoms with E-state index >= 15 is 0 Å². The Bertz CT molecular complexity index is 1400. The van der Waals surface area contributed by atoms with Crippen LogP contribution in [0.1, 0.15) is 15.9 Å². The minimum absolute atomic E-state index is 0.184. The first kappa shape index (κ1) is 20.4. The minimum Gasteiger partial charge on any atom is -0.345 e. The number of aromatic amines is 1. The Morgan fingerprint density at radius 2 is 1.83 bits per heavy atom. The number of ketones is 1. The van der Waals surface area contributed by atoms with Gasteiger partial charge in [-0.05, 0) is 41.5 Å². The average molecular weight is 460 g/mol. The Hall–Kier alpha value is -2.87. The lowest BCUT2D eigenvalue weighted by molar-refractivity contribution is 0.104. The van der Waals surface area contributed by atoms with Gasteiger partial charge in [-0.15, -0.1) is 0 Å². The summed E-state index contributed by atoms with van der Waals surface area (Å²) in [5.41, 5.74) is 3.06. The number of pyridine rings is 1. The fourth-order valence-corrected chi connectivity index (χ4v) is 4.21. The molecule has 2 aromatic carbocycles. The Morgan fingerprint density at radius 1 is 1.07 bits per heavy atom. The molecule has 0 aliphatic heterocycles. The lowest BCUT2D eigenvalue weighted by Gasteiger charge is -2.10. The normalized spacial score (nSPS) is 11.6. The topological polar surface area (TPSA) is 91.9 Å². The van der Waals surface area contributed by atoms with Crippen LogP contribution in [0.3, 0.4) is 0 Å². The van der Waals surface area contributed by atoms with E-state index in [0.29, 0.717) is 27.3 Å². The van der Waals surface area contributed by atoms with Gasteiger partial charge in [-0.1, -0.05) is 41.4 Å². The number of hydrogen-bond acceptors (Lipinski definition) is 4. The first-order valence-electron chi connectivity index (χ1n) is 8.77. The molecule has 0 aliphatic rings. The number of fused-ring (bicyclic) bond motifs is 1. The van der Waals surface area contributed by atoms with Crippen molar-refractivity contribution in [2.45, 2.75) is 0 Å². The van der Waals surface area contributed by atoms with E-state index in [2.05, 4.69) is 14.7 Å². The summed E-state index contributed by atoms with van der Waals surface area (Å²) in [5.74, 6) is -0.298. The summed E-state index contributed by atoms with van der Waals surface area (Å²) in [7, 11) is -3.42. The number of nitrogens with one attached hydrogen (secondary N) is 2. The van der Waals surface area contributed by atoms with Gasteiger partial charge < -0.3 is 4.98 Å². The monoisotopic (exact) mass is 459 g/mol. The molecule has 0 fully saturated rings. The number of H-pyrrole nitrogens is 1. The van der Waals surface area contributed by atoms with E-state index < -0.39 is 10.0 Å². The second kappa shape index (κ2) is 7.75. The molecule has 152 valence electrons. The molecular weight excluding hydrogens is 445 g/mol. The first-order chi connectivity index (χ1) is 14.2. The maximum atomic E-state index is 13.3. The van der Waals surface area contributed by atoms with Crippen LogP contribution >= 0.6 is 23.2 Å². The van der Waals surface area contributed by atoms with Crippen molar-refractivity contribution in [1.82, 2.24) is 9.97 Å². The Balaban J connectivity index is 1.88. The quantitative estimate of drug-likeness (QED) is 0.404. The first-order valence-corrected chi connectivity index (χ1v) is 11.4. The van der Waals surface area contributed by atoms with Gasteiger partial charge in [-0.3, -0.25) is 9.52 Å². The van der Waals surface area contributed by atoms with Crippen molar-refractivity contribution in [2.24, 2.45) is 0 Å². The highest BCUT2D eigenvalue weighted by Gasteiger charge is 2.21. The van der Waals surface area contributed by atoms with Gasteiger partial charge in [0.25, 0.3) is 0 Å². The predicted octanol–water partition coefficient (Wildman–Crippen LogP) is 5.14. The summed E-state index contributed by atoms with van der Waals surface area (Å²) < 4.78 is 25.6. The summed E-state index contributed by atoms with van der Waals surface area (Å²) in [5, 5.41) is 1.08. The molecule has 2 aromatic heterocycles. The molecule has 4 rings (SSSR count). The number of rotatable bonds is 5. The molecule has 0 spiro atoms. The minimum atomic E-state index is -3.42. The SMILES string of the molecule is CS(=O)(=O)Nc1cccc(-c2ccnc3[nH]cc(C(=O)c4cccc(Cl)c4Cl)c23)c1. The van der Waals surface area contributed by atoms with Gasteiger partial charge in [-0.25, -0.2) is 13.4 Å². The highest BCUT2D eigenvalue weighted by Crippen LogP contribution is 2.34. The maximum Gasteiger partial charge on any atom is 0.229 e. The maximum absolute atomic E-state index is 13.3. The Morgan fingerprint density at radius 3 is 2.60 bits per heavy atom. The van der Waals surface area contributed by atoms with Crippen LogP contribution in [0.15, 0.2) is 60.9 Å². The Labute approximate surface area is 182 Å². The van der Waals surface area contributed by atoms with Crippen LogP contribution in [0.5, 0.6) is 0 Å². The number of aromatic nitrogens is 2. The summed E-state index contributed by atoms with van der Waals surface area (Å²) in [6.07, 6.45) is 4.28. The number of anilines is 1. The molecule has 2 N–H and O–H groups in total. The molecule has 4 aromatic rings. The second-order valence-electron chi connectivity index (χ2n) is 6.67. The van der Waals surface area contributed by atoms with Crippen molar-refractivity contribution in [3.63, 3.8) is 0 Å². The number of carbonyl (C=O) groups excluding carboxylic acids is 1. The van der Waals surface area contributed by atoms with E-state index in [1.165, 1.54) is 0 Å². The van der Waals surface area contributed by atoms with Crippen LogP contribution < -0.4 is 4.72 Å². The third-order valence-corrected chi connectivity index (χ3v) is 5.92. The third-order valence-electron chi connectivity index (χ3n) is 4.49. The van der Waals surface area contributed by atoms with Crippen LogP contribution in [0, 0.1) is 0 Å². The van der Waals surface area contributed by atoms with E-state index in [4.69, 9.17) is 23.2 Å². The molecule has 0 bridgehead atoms. The van der Waals surface area contributed by atoms with Crippen LogP contribution in [0.4, 0.5) is 5.69 Å². The molecule has 0 radical (unpaired) electrons. The zero-order valence-corrected chi connectivity index (χ0v) is 17.9. The highest BCUT2D eigenvalue weighted by molar-refractivity contribution is 7.92. The van der Waals surface area contributed by atoms with Gasteiger partial charge in [0.15, 0.2) is 5.78 Å². The van der Waals surface area contributed by atoms with Crippen molar-refractivity contribution >= 4 is 55.7 Å². The number of nitrogens with zero attached hydrogens (tertiary/aromatic N) is 1.